The van der Waals surface area contributed by atoms with E-state index in [1.54, 1.807) is 0 Å². The van der Waals surface area contributed by atoms with Gasteiger partial charge in [0.15, 0.2) is 0 Å². The number of halogens is 1. The van der Waals surface area contributed by atoms with E-state index in [0.717, 1.165) is 5.75 Å². The van der Waals surface area contributed by atoms with Gasteiger partial charge in [-0.25, -0.2) is 0 Å². The summed E-state index contributed by atoms with van der Waals surface area (Å²) in [4.78, 5) is 0. The van der Waals surface area contributed by atoms with Crippen molar-refractivity contribution in [3.05, 3.63) is 29.8 Å². The third-order valence-electron chi connectivity index (χ3n) is 1.75. The highest BCUT2D eigenvalue weighted by Gasteiger charge is 2.05. The van der Waals surface area contributed by atoms with Gasteiger partial charge in [0.25, 0.3) is 0 Å². The molecular weight excluding hydrogens is 263 g/mol. The van der Waals surface area contributed by atoms with Gasteiger partial charge in [-0.05, 0) is 40.1 Å². The lowest BCUT2D eigenvalue weighted by atomic mass is 10.0. The first-order chi connectivity index (χ1) is 5.75. The van der Waals surface area contributed by atoms with Crippen molar-refractivity contribution < 1.29 is 4.74 Å². The minimum atomic E-state index is 0.532. The van der Waals surface area contributed by atoms with Crippen LogP contribution in [0.15, 0.2) is 24.3 Å². The molecule has 0 atom stereocenters. The third kappa shape index (κ3) is 2.37. The standard InChI is InChI=1S/C10H13IO/c1-8(2)9-5-3-4-6-10(9)12-7-11/h3-6,8H,7H2,1-2H3. The Balaban J connectivity index is 2.92. The van der Waals surface area contributed by atoms with E-state index in [9.17, 15) is 0 Å². The van der Waals surface area contributed by atoms with E-state index >= 15 is 0 Å². The van der Waals surface area contributed by atoms with Crippen LogP contribution in [0.2, 0.25) is 0 Å². The molecule has 0 fully saturated rings. The van der Waals surface area contributed by atoms with Crippen LogP contribution < -0.4 is 4.74 Å². The van der Waals surface area contributed by atoms with Crippen molar-refractivity contribution in [3.8, 4) is 5.75 Å². The van der Waals surface area contributed by atoms with Gasteiger partial charge >= 0.3 is 0 Å². The fourth-order valence-corrected chi connectivity index (χ4v) is 1.48. The normalized spacial score (nSPS) is 10.3. The highest BCUT2D eigenvalue weighted by Crippen LogP contribution is 2.25. The first-order valence-corrected chi connectivity index (χ1v) is 5.56. The number of para-hydroxylation sites is 1. The number of ether oxygens (including phenoxy) is 1. The summed E-state index contributed by atoms with van der Waals surface area (Å²) in [5, 5.41) is 0. The Hall–Kier alpha value is -0.250. The fourth-order valence-electron chi connectivity index (χ4n) is 1.15. The van der Waals surface area contributed by atoms with Gasteiger partial charge in [-0.15, -0.1) is 0 Å². The Bertz CT molecular complexity index is 245. The Kier molecular flexibility index (Phi) is 3.85. The van der Waals surface area contributed by atoms with Crippen molar-refractivity contribution >= 4 is 22.6 Å². The average Bonchev–Trinajstić information content (AvgIpc) is 2.05. The maximum absolute atomic E-state index is 5.48. The third-order valence-corrected chi connectivity index (χ3v) is 2.06. The molecule has 0 saturated carbocycles. The summed E-state index contributed by atoms with van der Waals surface area (Å²) in [5.41, 5.74) is 1.29. The summed E-state index contributed by atoms with van der Waals surface area (Å²) < 4.78 is 6.19. The van der Waals surface area contributed by atoms with Crippen molar-refractivity contribution in [1.29, 1.82) is 0 Å². The zero-order valence-electron chi connectivity index (χ0n) is 7.38. The van der Waals surface area contributed by atoms with Gasteiger partial charge in [0, 0.05) is 0 Å². The molecule has 0 heterocycles. The van der Waals surface area contributed by atoms with E-state index in [0.29, 0.717) is 10.5 Å². The molecule has 2 heteroatoms. The van der Waals surface area contributed by atoms with E-state index in [2.05, 4.69) is 48.6 Å². The van der Waals surface area contributed by atoms with Gasteiger partial charge in [0.2, 0.25) is 0 Å². The van der Waals surface area contributed by atoms with Gasteiger partial charge in [0.1, 0.15) is 10.4 Å². The van der Waals surface area contributed by atoms with E-state index in [4.69, 9.17) is 4.74 Å². The van der Waals surface area contributed by atoms with Crippen molar-refractivity contribution in [2.75, 3.05) is 4.61 Å². The number of alkyl halides is 1. The molecule has 0 aliphatic carbocycles. The summed E-state index contributed by atoms with van der Waals surface area (Å²) >= 11 is 2.21. The monoisotopic (exact) mass is 276 g/mol. The second kappa shape index (κ2) is 4.70. The molecule has 0 aromatic heterocycles. The van der Waals surface area contributed by atoms with Crippen LogP contribution in [-0.4, -0.2) is 4.61 Å². The lowest BCUT2D eigenvalue weighted by Crippen LogP contribution is -1.95. The number of hydrogen-bond acceptors (Lipinski definition) is 1. The summed E-state index contributed by atoms with van der Waals surface area (Å²) in [5.74, 6) is 1.55. The molecule has 1 rings (SSSR count). The minimum Gasteiger partial charge on any atom is -0.483 e. The summed E-state index contributed by atoms with van der Waals surface area (Å²) in [6.07, 6.45) is 0. The highest BCUT2D eigenvalue weighted by molar-refractivity contribution is 14.1. The van der Waals surface area contributed by atoms with Gasteiger partial charge in [0.05, 0.1) is 0 Å². The zero-order chi connectivity index (χ0) is 8.97. The molecule has 0 aliphatic rings. The molecule has 0 N–H and O–H groups in total. The molecule has 1 aromatic rings. The van der Waals surface area contributed by atoms with Gasteiger partial charge in [-0.2, -0.15) is 0 Å². The lowest BCUT2D eigenvalue weighted by Gasteiger charge is -2.11. The molecular formula is C10H13IO. The van der Waals surface area contributed by atoms with Crippen LogP contribution in [-0.2, 0) is 0 Å². The van der Waals surface area contributed by atoms with Crippen molar-refractivity contribution in [2.24, 2.45) is 0 Å². The Morgan fingerprint density at radius 1 is 1.33 bits per heavy atom. The van der Waals surface area contributed by atoms with Crippen molar-refractivity contribution in [3.63, 3.8) is 0 Å². The van der Waals surface area contributed by atoms with Crippen LogP contribution >= 0.6 is 22.6 Å². The minimum absolute atomic E-state index is 0.532. The van der Waals surface area contributed by atoms with Crippen LogP contribution in [0.1, 0.15) is 25.3 Å². The second-order valence-electron chi connectivity index (χ2n) is 2.95. The smallest absolute Gasteiger partial charge is 0.139 e. The first-order valence-electron chi connectivity index (χ1n) is 4.03. The average molecular weight is 276 g/mol. The maximum Gasteiger partial charge on any atom is 0.139 e. The first kappa shape index (κ1) is 9.84. The highest BCUT2D eigenvalue weighted by atomic mass is 127. The van der Waals surface area contributed by atoms with E-state index in [1.807, 2.05) is 12.1 Å². The molecule has 0 saturated heterocycles. The largest absolute Gasteiger partial charge is 0.483 e. The van der Waals surface area contributed by atoms with Crippen molar-refractivity contribution in [2.45, 2.75) is 19.8 Å². The predicted molar refractivity (Wildman–Crippen MR) is 60.0 cm³/mol. The molecule has 1 aromatic carbocycles. The van der Waals surface area contributed by atoms with Crippen LogP contribution in [0.4, 0.5) is 0 Å². The summed E-state index contributed by atoms with van der Waals surface area (Å²) in [6.45, 7) is 4.35. The van der Waals surface area contributed by atoms with Crippen molar-refractivity contribution in [1.82, 2.24) is 0 Å². The van der Waals surface area contributed by atoms with E-state index in [-0.39, 0.29) is 0 Å². The van der Waals surface area contributed by atoms with Gasteiger partial charge in [-0.1, -0.05) is 32.0 Å². The summed E-state index contributed by atoms with van der Waals surface area (Å²) in [6, 6.07) is 8.20. The Labute approximate surface area is 87.3 Å². The molecule has 12 heavy (non-hydrogen) atoms. The SMILES string of the molecule is CC(C)c1ccccc1OCI. The van der Waals surface area contributed by atoms with Gasteiger partial charge < -0.3 is 4.74 Å². The zero-order valence-corrected chi connectivity index (χ0v) is 9.54. The number of hydrogen-bond donors (Lipinski definition) is 0. The summed E-state index contributed by atoms with van der Waals surface area (Å²) in [7, 11) is 0. The molecule has 66 valence electrons. The maximum atomic E-state index is 5.48. The molecule has 0 unspecified atom stereocenters. The Morgan fingerprint density at radius 3 is 2.58 bits per heavy atom. The molecule has 0 radical (unpaired) electrons. The molecule has 0 bridgehead atoms. The van der Waals surface area contributed by atoms with E-state index < -0.39 is 0 Å². The quantitative estimate of drug-likeness (QED) is 0.605. The topological polar surface area (TPSA) is 9.23 Å². The second-order valence-corrected chi connectivity index (χ2v) is 3.57. The molecule has 0 aliphatic heterocycles. The molecule has 1 nitrogen and oxygen atoms in total. The van der Waals surface area contributed by atoms with Crippen LogP contribution in [0.25, 0.3) is 0 Å². The predicted octanol–water partition coefficient (Wildman–Crippen LogP) is 3.58. The number of benzene rings is 1. The number of rotatable bonds is 3. The lowest BCUT2D eigenvalue weighted by molar-refractivity contribution is 0.397. The van der Waals surface area contributed by atoms with Crippen LogP contribution in [0.3, 0.4) is 0 Å². The molecule has 0 amide bonds. The Morgan fingerprint density at radius 2 is 2.00 bits per heavy atom. The van der Waals surface area contributed by atoms with E-state index in [1.165, 1.54) is 5.56 Å². The molecule has 0 spiro atoms. The van der Waals surface area contributed by atoms with Crippen LogP contribution in [0.5, 0.6) is 5.75 Å². The fraction of sp³-hybridized carbons (Fsp3) is 0.400. The van der Waals surface area contributed by atoms with Gasteiger partial charge in [-0.3, -0.25) is 0 Å². The van der Waals surface area contributed by atoms with Crippen LogP contribution in [0, 0.1) is 0 Å².